The SMILES string of the molecule is Cc1nc2sc3c(c2c2nnc(SCC(=O)N(C(C)C)C(C)C)n12)CCCC3. The van der Waals surface area contributed by atoms with Crippen LogP contribution in [-0.4, -0.2) is 48.2 Å². The Balaban J connectivity index is 1.68. The van der Waals surface area contributed by atoms with E-state index in [9.17, 15) is 4.79 Å². The molecule has 0 aromatic carbocycles. The Morgan fingerprint density at radius 2 is 1.89 bits per heavy atom. The van der Waals surface area contributed by atoms with Gasteiger partial charge in [0.05, 0.1) is 11.1 Å². The van der Waals surface area contributed by atoms with Crippen LogP contribution in [-0.2, 0) is 17.6 Å². The molecule has 8 heteroatoms. The van der Waals surface area contributed by atoms with E-state index >= 15 is 0 Å². The predicted octanol–water partition coefficient (Wildman–Crippen LogP) is 4.26. The minimum Gasteiger partial charge on any atom is -0.337 e. The van der Waals surface area contributed by atoms with E-state index in [0.29, 0.717) is 5.75 Å². The minimum absolute atomic E-state index is 0.131. The Hall–Kier alpha value is -1.67. The molecule has 1 aliphatic carbocycles. The molecule has 1 amide bonds. The Kier molecular flexibility index (Phi) is 5.35. The van der Waals surface area contributed by atoms with Crippen LogP contribution in [0.2, 0.25) is 0 Å². The van der Waals surface area contributed by atoms with Crippen LogP contribution in [0.25, 0.3) is 15.9 Å². The Morgan fingerprint density at radius 3 is 2.61 bits per heavy atom. The summed E-state index contributed by atoms with van der Waals surface area (Å²) in [5, 5.41) is 10.9. The van der Waals surface area contributed by atoms with Crippen molar-refractivity contribution in [2.45, 2.75) is 77.5 Å². The van der Waals surface area contributed by atoms with Crippen LogP contribution < -0.4 is 0 Å². The summed E-state index contributed by atoms with van der Waals surface area (Å²) in [6.07, 6.45) is 4.73. The lowest BCUT2D eigenvalue weighted by Gasteiger charge is -2.30. The summed E-state index contributed by atoms with van der Waals surface area (Å²) in [7, 11) is 0. The predicted molar refractivity (Wildman–Crippen MR) is 115 cm³/mol. The number of carbonyl (C=O) groups excluding carboxylic acids is 1. The molecule has 0 aliphatic heterocycles. The normalized spacial score (nSPS) is 14.4. The Bertz CT molecular complexity index is 1030. The molecule has 0 fully saturated rings. The quantitative estimate of drug-likeness (QED) is 0.580. The molecule has 0 spiro atoms. The highest BCUT2D eigenvalue weighted by molar-refractivity contribution is 7.99. The molecule has 3 aromatic heterocycles. The molecule has 28 heavy (non-hydrogen) atoms. The lowest BCUT2D eigenvalue weighted by atomic mass is 9.97. The number of nitrogens with zero attached hydrogens (tertiary/aromatic N) is 5. The van der Waals surface area contributed by atoms with Crippen molar-refractivity contribution in [3.63, 3.8) is 0 Å². The molecular weight excluding hydrogens is 390 g/mol. The average molecular weight is 418 g/mol. The van der Waals surface area contributed by atoms with Crippen LogP contribution >= 0.6 is 23.1 Å². The second-order valence-electron chi connectivity index (χ2n) is 7.97. The number of thioether (sulfide) groups is 1. The summed E-state index contributed by atoms with van der Waals surface area (Å²) < 4.78 is 2.02. The molecule has 0 N–H and O–H groups in total. The average Bonchev–Trinajstić information content (AvgIpc) is 3.20. The van der Waals surface area contributed by atoms with Crippen LogP contribution in [0, 0.1) is 6.92 Å². The van der Waals surface area contributed by atoms with Crippen molar-refractivity contribution in [3.05, 3.63) is 16.3 Å². The highest BCUT2D eigenvalue weighted by Gasteiger charge is 2.24. The first kappa shape index (κ1) is 19.6. The number of thiophene rings is 1. The molecule has 0 radical (unpaired) electrons. The monoisotopic (exact) mass is 417 g/mol. The van der Waals surface area contributed by atoms with Crippen molar-refractivity contribution in [1.29, 1.82) is 0 Å². The summed E-state index contributed by atoms with van der Waals surface area (Å²) in [5.74, 6) is 1.37. The molecule has 0 bridgehead atoms. The number of carbonyl (C=O) groups is 1. The zero-order valence-corrected chi connectivity index (χ0v) is 18.8. The van der Waals surface area contributed by atoms with Gasteiger partial charge in [-0.25, -0.2) is 4.98 Å². The van der Waals surface area contributed by atoms with Gasteiger partial charge in [0, 0.05) is 17.0 Å². The second-order valence-corrected chi connectivity index (χ2v) is 9.99. The summed E-state index contributed by atoms with van der Waals surface area (Å²) in [5.41, 5.74) is 2.30. The van der Waals surface area contributed by atoms with Crippen molar-refractivity contribution in [2.24, 2.45) is 0 Å². The summed E-state index contributed by atoms with van der Waals surface area (Å²) in [6.45, 7) is 10.2. The van der Waals surface area contributed by atoms with Crippen LogP contribution in [0.5, 0.6) is 0 Å². The van der Waals surface area contributed by atoms with Crippen molar-refractivity contribution in [2.75, 3.05) is 5.75 Å². The minimum atomic E-state index is 0.131. The fourth-order valence-electron chi connectivity index (χ4n) is 4.25. The number of amides is 1. The third kappa shape index (κ3) is 3.30. The van der Waals surface area contributed by atoms with E-state index in [1.54, 1.807) is 11.3 Å². The van der Waals surface area contributed by atoms with E-state index in [4.69, 9.17) is 4.98 Å². The van der Waals surface area contributed by atoms with Gasteiger partial charge in [-0.3, -0.25) is 9.20 Å². The van der Waals surface area contributed by atoms with Gasteiger partial charge in [0.25, 0.3) is 0 Å². The number of aryl methyl sites for hydroxylation is 3. The van der Waals surface area contributed by atoms with Gasteiger partial charge >= 0.3 is 0 Å². The maximum Gasteiger partial charge on any atom is 0.233 e. The number of hydrogen-bond donors (Lipinski definition) is 0. The van der Waals surface area contributed by atoms with Crippen LogP contribution in [0.4, 0.5) is 0 Å². The maximum absolute atomic E-state index is 12.7. The summed E-state index contributed by atoms with van der Waals surface area (Å²) in [6, 6.07) is 0.368. The summed E-state index contributed by atoms with van der Waals surface area (Å²) >= 11 is 3.26. The molecule has 3 heterocycles. The molecule has 6 nitrogen and oxygen atoms in total. The second kappa shape index (κ2) is 7.63. The van der Waals surface area contributed by atoms with Gasteiger partial charge in [0.15, 0.2) is 10.8 Å². The molecule has 0 unspecified atom stereocenters. The van der Waals surface area contributed by atoms with E-state index in [-0.39, 0.29) is 18.0 Å². The molecular formula is C20H27N5OS2. The fraction of sp³-hybridized carbons (Fsp3) is 0.600. The van der Waals surface area contributed by atoms with E-state index in [0.717, 1.165) is 34.3 Å². The zero-order valence-electron chi connectivity index (χ0n) is 17.2. The Morgan fingerprint density at radius 1 is 1.18 bits per heavy atom. The standard InChI is InChI=1S/C20H27N5OS2/c1-11(2)24(12(3)4)16(26)10-27-20-23-22-18-17-14-8-6-7-9-15(14)28-19(17)21-13(5)25(18)20/h11-12H,6-10H2,1-5H3. The van der Waals surface area contributed by atoms with Crippen molar-refractivity contribution < 1.29 is 4.79 Å². The number of rotatable bonds is 5. The van der Waals surface area contributed by atoms with Gasteiger partial charge in [0.1, 0.15) is 10.7 Å². The molecule has 1 aliphatic rings. The highest BCUT2D eigenvalue weighted by Crippen LogP contribution is 2.38. The largest absolute Gasteiger partial charge is 0.337 e. The summed E-state index contributed by atoms with van der Waals surface area (Å²) in [4.78, 5) is 22.0. The fourth-order valence-corrected chi connectivity index (χ4v) is 6.40. The van der Waals surface area contributed by atoms with Gasteiger partial charge in [0.2, 0.25) is 5.91 Å². The molecule has 4 rings (SSSR count). The first-order valence-corrected chi connectivity index (χ1v) is 11.8. The molecule has 150 valence electrons. The van der Waals surface area contributed by atoms with Crippen LogP contribution in [0.3, 0.4) is 0 Å². The molecule has 0 saturated heterocycles. The molecule has 3 aromatic rings. The van der Waals surface area contributed by atoms with Gasteiger partial charge < -0.3 is 4.90 Å². The van der Waals surface area contributed by atoms with Gasteiger partial charge in [-0.2, -0.15) is 0 Å². The van der Waals surface area contributed by atoms with Crippen molar-refractivity contribution >= 4 is 44.9 Å². The molecule has 0 atom stereocenters. The van der Waals surface area contributed by atoms with E-state index in [2.05, 4.69) is 37.9 Å². The maximum atomic E-state index is 12.7. The van der Waals surface area contributed by atoms with Crippen LogP contribution in [0.1, 0.15) is 56.8 Å². The van der Waals surface area contributed by atoms with Gasteiger partial charge in [-0.05, 0) is 65.9 Å². The lowest BCUT2D eigenvalue weighted by molar-refractivity contribution is -0.131. The first-order chi connectivity index (χ1) is 13.4. The Labute approximate surface area is 173 Å². The topological polar surface area (TPSA) is 63.4 Å². The number of hydrogen-bond acceptors (Lipinski definition) is 6. The lowest BCUT2D eigenvalue weighted by Crippen LogP contribution is -2.43. The van der Waals surface area contributed by atoms with Crippen molar-refractivity contribution in [3.8, 4) is 0 Å². The molecule has 0 saturated carbocycles. The van der Waals surface area contributed by atoms with Gasteiger partial charge in [-0.15, -0.1) is 21.5 Å². The third-order valence-corrected chi connectivity index (χ3v) is 7.42. The first-order valence-electron chi connectivity index (χ1n) is 9.98. The van der Waals surface area contributed by atoms with E-state index < -0.39 is 0 Å². The van der Waals surface area contributed by atoms with Gasteiger partial charge in [-0.1, -0.05) is 11.8 Å². The van der Waals surface area contributed by atoms with E-state index in [1.165, 1.54) is 40.4 Å². The van der Waals surface area contributed by atoms with Crippen molar-refractivity contribution in [1.82, 2.24) is 24.5 Å². The number of fused-ring (bicyclic) bond motifs is 5. The number of aromatic nitrogens is 4. The van der Waals surface area contributed by atoms with Crippen LogP contribution in [0.15, 0.2) is 5.16 Å². The third-order valence-electron chi connectivity index (χ3n) is 5.32. The zero-order chi connectivity index (χ0) is 20.0. The van der Waals surface area contributed by atoms with E-state index in [1.807, 2.05) is 16.2 Å². The smallest absolute Gasteiger partial charge is 0.233 e. The highest BCUT2D eigenvalue weighted by atomic mass is 32.2.